The zero-order chi connectivity index (χ0) is 13.7. The molecule has 0 bridgehead atoms. The molecule has 20 heavy (non-hydrogen) atoms. The topological polar surface area (TPSA) is 64.3 Å². The zero-order valence-electron chi connectivity index (χ0n) is 12.0. The summed E-state index contributed by atoms with van der Waals surface area (Å²) in [6.07, 6.45) is 6.42. The normalized spacial score (nSPS) is 29.6. The van der Waals surface area contributed by atoms with Gasteiger partial charge in [0.05, 0.1) is 18.8 Å². The minimum atomic E-state index is 0.378. The van der Waals surface area contributed by atoms with E-state index in [1.165, 1.54) is 32.1 Å². The molecule has 108 valence electrons. The first-order valence-corrected chi connectivity index (χ1v) is 7.76. The van der Waals surface area contributed by atoms with Crippen molar-refractivity contribution in [1.82, 2.24) is 9.97 Å². The molecule has 0 aromatic carbocycles. The van der Waals surface area contributed by atoms with Crippen LogP contribution in [0.5, 0.6) is 0 Å². The SMILES string of the molecule is Cc1c(N)nc(C2CC2)nc1N1CCOC2CCCC21. The van der Waals surface area contributed by atoms with Gasteiger partial charge < -0.3 is 15.4 Å². The zero-order valence-corrected chi connectivity index (χ0v) is 12.0. The van der Waals surface area contributed by atoms with Crippen molar-refractivity contribution in [1.29, 1.82) is 0 Å². The van der Waals surface area contributed by atoms with E-state index in [-0.39, 0.29) is 0 Å². The maximum absolute atomic E-state index is 6.12. The molecule has 4 rings (SSSR count). The molecular formula is C15H22N4O. The Morgan fingerprint density at radius 3 is 2.85 bits per heavy atom. The number of morpholine rings is 1. The Labute approximate surface area is 119 Å². The maximum atomic E-state index is 6.12. The fourth-order valence-electron chi connectivity index (χ4n) is 3.53. The summed E-state index contributed by atoms with van der Waals surface area (Å²) in [6.45, 7) is 3.76. The van der Waals surface area contributed by atoms with Crippen LogP contribution in [0.25, 0.3) is 0 Å². The van der Waals surface area contributed by atoms with Gasteiger partial charge in [-0.2, -0.15) is 0 Å². The van der Waals surface area contributed by atoms with Gasteiger partial charge in [-0.1, -0.05) is 0 Å². The van der Waals surface area contributed by atoms with Gasteiger partial charge in [-0.25, -0.2) is 9.97 Å². The summed E-state index contributed by atoms with van der Waals surface area (Å²) < 4.78 is 5.90. The van der Waals surface area contributed by atoms with E-state index in [0.29, 0.717) is 23.9 Å². The smallest absolute Gasteiger partial charge is 0.137 e. The van der Waals surface area contributed by atoms with Crippen molar-refractivity contribution < 1.29 is 4.74 Å². The van der Waals surface area contributed by atoms with Crippen LogP contribution in [0, 0.1) is 6.92 Å². The third kappa shape index (κ3) is 1.95. The Bertz CT molecular complexity index is 529. The molecule has 5 nitrogen and oxygen atoms in total. The molecule has 0 radical (unpaired) electrons. The molecule has 2 saturated carbocycles. The molecule has 1 saturated heterocycles. The fourth-order valence-corrected chi connectivity index (χ4v) is 3.53. The van der Waals surface area contributed by atoms with Gasteiger partial charge in [0.1, 0.15) is 17.5 Å². The van der Waals surface area contributed by atoms with Gasteiger partial charge >= 0.3 is 0 Å². The molecule has 3 fully saturated rings. The summed E-state index contributed by atoms with van der Waals surface area (Å²) in [7, 11) is 0. The highest BCUT2D eigenvalue weighted by molar-refractivity contribution is 5.58. The second-order valence-electron chi connectivity index (χ2n) is 6.29. The van der Waals surface area contributed by atoms with Gasteiger partial charge in [-0.05, 0) is 39.0 Å². The van der Waals surface area contributed by atoms with Crippen LogP contribution in [0.1, 0.15) is 49.4 Å². The summed E-state index contributed by atoms with van der Waals surface area (Å²) in [6, 6.07) is 0.476. The van der Waals surface area contributed by atoms with Gasteiger partial charge in [-0.15, -0.1) is 0 Å². The van der Waals surface area contributed by atoms with Crippen LogP contribution in [0.4, 0.5) is 11.6 Å². The molecule has 2 heterocycles. The predicted octanol–water partition coefficient (Wildman–Crippen LogP) is 2.00. The highest BCUT2D eigenvalue weighted by Gasteiger charge is 2.38. The maximum Gasteiger partial charge on any atom is 0.137 e. The Balaban J connectivity index is 1.72. The molecule has 3 aliphatic rings. The number of anilines is 2. The van der Waals surface area contributed by atoms with Gasteiger partial charge in [-0.3, -0.25) is 0 Å². The molecule has 1 aliphatic heterocycles. The van der Waals surface area contributed by atoms with E-state index in [1.807, 2.05) is 6.92 Å². The van der Waals surface area contributed by atoms with Gasteiger partial charge in [0.25, 0.3) is 0 Å². The van der Waals surface area contributed by atoms with Crippen LogP contribution in [0.2, 0.25) is 0 Å². The second kappa shape index (κ2) is 4.58. The van der Waals surface area contributed by atoms with Crippen molar-refractivity contribution in [2.75, 3.05) is 23.8 Å². The molecule has 2 atom stereocenters. The highest BCUT2D eigenvalue weighted by Crippen LogP contribution is 2.41. The lowest BCUT2D eigenvalue weighted by molar-refractivity contribution is 0.0252. The van der Waals surface area contributed by atoms with Crippen molar-refractivity contribution in [3.63, 3.8) is 0 Å². The Morgan fingerprint density at radius 2 is 2.05 bits per heavy atom. The molecule has 0 amide bonds. The summed E-state index contributed by atoms with van der Waals surface area (Å²) in [5, 5.41) is 0. The van der Waals surface area contributed by atoms with Crippen molar-refractivity contribution in [2.45, 2.75) is 57.1 Å². The van der Waals surface area contributed by atoms with Crippen molar-refractivity contribution in [3.05, 3.63) is 11.4 Å². The number of fused-ring (bicyclic) bond motifs is 1. The minimum Gasteiger partial charge on any atom is -0.383 e. The molecule has 2 aliphatic carbocycles. The van der Waals surface area contributed by atoms with E-state index < -0.39 is 0 Å². The number of nitrogens with two attached hydrogens (primary N) is 1. The lowest BCUT2D eigenvalue weighted by Gasteiger charge is -2.39. The predicted molar refractivity (Wildman–Crippen MR) is 77.9 cm³/mol. The average molecular weight is 274 g/mol. The Morgan fingerprint density at radius 1 is 1.20 bits per heavy atom. The standard InChI is InChI=1S/C15H22N4O/c1-9-13(16)17-14(10-5-6-10)18-15(9)19-7-8-20-12-4-2-3-11(12)19/h10-12H,2-8H2,1H3,(H2,16,17,18). The number of rotatable bonds is 2. The van der Waals surface area contributed by atoms with Crippen LogP contribution in [-0.4, -0.2) is 35.3 Å². The Hall–Kier alpha value is -1.36. The molecule has 5 heteroatoms. The molecule has 1 aromatic heterocycles. The molecule has 1 aromatic rings. The van der Waals surface area contributed by atoms with Crippen LogP contribution >= 0.6 is 0 Å². The highest BCUT2D eigenvalue weighted by atomic mass is 16.5. The van der Waals surface area contributed by atoms with E-state index in [1.54, 1.807) is 0 Å². The fraction of sp³-hybridized carbons (Fsp3) is 0.733. The summed E-state index contributed by atoms with van der Waals surface area (Å²) >= 11 is 0. The first-order chi connectivity index (χ1) is 9.74. The number of nitrogen functional groups attached to an aromatic ring is 1. The summed E-state index contributed by atoms with van der Waals surface area (Å²) in [4.78, 5) is 11.8. The molecule has 2 unspecified atom stereocenters. The van der Waals surface area contributed by atoms with Gasteiger partial charge in [0.2, 0.25) is 0 Å². The quantitative estimate of drug-likeness (QED) is 0.893. The lowest BCUT2D eigenvalue weighted by Crippen LogP contribution is -2.49. The van der Waals surface area contributed by atoms with Gasteiger partial charge in [0.15, 0.2) is 0 Å². The first kappa shape index (κ1) is 12.4. The van der Waals surface area contributed by atoms with Crippen LogP contribution in [0.15, 0.2) is 0 Å². The number of ether oxygens (including phenoxy) is 1. The molecular weight excluding hydrogens is 252 g/mol. The van der Waals surface area contributed by atoms with Gasteiger partial charge in [0, 0.05) is 18.0 Å². The largest absolute Gasteiger partial charge is 0.383 e. The Kier molecular flexibility index (Phi) is 2.84. The van der Waals surface area contributed by atoms with Crippen molar-refractivity contribution >= 4 is 11.6 Å². The lowest BCUT2D eigenvalue weighted by atomic mass is 10.1. The van der Waals surface area contributed by atoms with E-state index in [0.717, 1.165) is 30.4 Å². The summed E-state index contributed by atoms with van der Waals surface area (Å²) in [5.74, 6) is 3.19. The molecule has 0 spiro atoms. The van der Waals surface area contributed by atoms with E-state index >= 15 is 0 Å². The van der Waals surface area contributed by atoms with Crippen LogP contribution in [-0.2, 0) is 4.74 Å². The van der Waals surface area contributed by atoms with Crippen molar-refractivity contribution in [3.8, 4) is 0 Å². The molecule has 2 N–H and O–H groups in total. The van der Waals surface area contributed by atoms with E-state index in [2.05, 4.69) is 9.88 Å². The number of hydrogen-bond donors (Lipinski definition) is 1. The van der Waals surface area contributed by atoms with Crippen LogP contribution < -0.4 is 10.6 Å². The average Bonchev–Trinajstić information content (AvgIpc) is 3.19. The number of aromatic nitrogens is 2. The monoisotopic (exact) mass is 274 g/mol. The number of nitrogens with zero attached hydrogens (tertiary/aromatic N) is 3. The minimum absolute atomic E-state index is 0.378. The second-order valence-corrected chi connectivity index (χ2v) is 6.29. The summed E-state index contributed by atoms with van der Waals surface area (Å²) in [5.41, 5.74) is 7.15. The van der Waals surface area contributed by atoms with E-state index in [4.69, 9.17) is 15.5 Å². The third-order valence-corrected chi connectivity index (χ3v) is 4.87. The van der Waals surface area contributed by atoms with Crippen molar-refractivity contribution in [2.24, 2.45) is 0 Å². The van der Waals surface area contributed by atoms with E-state index in [9.17, 15) is 0 Å². The first-order valence-electron chi connectivity index (χ1n) is 7.76. The van der Waals surface area contributed by atoms with Crippen LogP contribution in [0.3, 0.4) is 0 Å². The number of hydrogen-bond acceptors (Lipinski definition) is 5. The third-order valence-electron chi connectivity index (χ3n) is 4.87.